The molecule has 4 nitrogen and oxygen atoms in total. The van der Waals surface area contributed by atoms with Gasteiger partial charge in [-0.3, -0.25) is 0 Å². The van der Waals surface area contributed by atoms with Crippen molar-refractivity contribution < 1.29 is 9.53 Å². The van der Waals surface area contributed by atoms with Gasteiger partial charge in [0, 0.05) is 12.8 Å². The minimum atomic E-state index is -0.206. The number of carbonyl (C=O) groups excluding carboxylic acids is 1. The molecule has 2 N–H and O–H groups in total. The van der Waals surface area contributed by atoms with Gasteiger partial charge in [-0.15, -0.1) is 0 Å². The van der Waals surface area contributed by atoms with E-state index in [4.69, 9.17) is 4.74 Å². The van der Waals surface area contributed by atoms with Crippen LogP contribution in [0.15, 0.2) is 24.3 Å². The quantitative estimate of drug-likeness (QED) is 0.824. The maximum Gasteiger partial charge on any atom is 0.319 e. The minimum absolute atomic E-state index is 0.00522. The van der Waals surface area contributed by atoms with E-state index in [-0.39, 0.29) is 12.1 Å². The molecule has 0 aromatic heterocycles. The van der Waals surface area contributed by atoms with Crippen LogP contribution in [-0.2, 0) is 11.2 Å². The van der Waals surface area contributed by atoms with Crippen molar-refractivity contribution in [1.82, 2.24) is 5.32 Å². The fraction of sp³-hybridized carbons (Fsp3) is 0.462. The summed E-state index contributed by atoms with van der Waals surface area (Å²) < 4.78 is 4.95. The summed E-state index contributed by atoms with van der Waals surface area (Å²) >= 11 is 0. The number of aryl methyl sites for hydroxylation is 1. The van der Waals surface area contributed by atoms with Crippen LogP contribution in [0.1, 0.15) is 19.4 Å². The summed E-state index contributed by atoms with van der Waals surface area (Å²) in [7, 11) is 1.61. The van der Waals surface area contributed by atoms with Crippen molar-refractivity contribution in [2.24, 2.45) is 0 Å². The predicted molar refractivity (Wildman–Crippen MR) is 69.3 cm³/mol. The third-order valence-corrected chi connectivity index (χ3v) is 2.39. The van der Waals surface area contributed by atoms with Crippen molar-refractivity contribution in [2.75, 3.05) is 19.0 Å². The molecule has 0 aliphatic rings. The lowest BCUT2D eigenvalue weighted by Gasteiger charge is -2.13. The van der Waals surface area contributed by atoms with E-state index in [1.165, 1.54) is 5.56 Å². The monoisotopic (exact) mass is 236 g/mol. The van der Waals surface area contributed by atoms with Crippen LogP contribution in [0.25, 0.3) is 0 Å². The molecule has 0 aliphatic carbocycles. The molecule has 2 amide bonds. The largest absolute Gasteiger partial charge is 0.383 e. The van der Waals surface area contributed by atoms with E-state index >= 15 is 0 Å². The summed E-state index contributed by atoms with van der Waals surface area (Å²) in [5.41, 5.74) is 2.01. The summed E-state index contributed by atoms with van der Waals surface area (Å²) in [5, 5.41) is 5.59. The van der Waals surface area contributed by atoms with Gasteiger partial charge < -0.3 is 15.4 Å². The Kier molecular flexibility index (Phi) is 5.49. The Balaban J connectivity index is 2.49. The van der Waals surface area contributed by atoms with E-state index in [2.05, 4.69) is 17.6 Å². The number of anilines is 1. The first-order chi connectivity index (χ1) is 8.15. The summed E-state index contributed by atoms with van der Waals surface area (Å²) in [6.45, 7) is 4.48. The molecular formula is C13H20N2O2. The first-order valence-electron chi connectivity index (χ1n) is 5.81. The van der Waals surface area contributed by atoms with Gasteiger partial charge >= 0.3 is 6.03 Å². The van der Waals surface area contributed by atoms with Gasteiger partial charge in [0.15, 0.2) is 0 Å². The number of rotatable bonds is 5. The highest BCUT2D eigenvalue weighted by Crippen LogP contribution is 2.10. The van der Waals surface area contributed by atoms with E-state index in [9.17, 15) is 4.79 Å². The van der Waals surface area contributed by atoms with Crippen molar-refractivity contribution in [1.29, 1.82) is 0 Å². The average molecular weight is 236 g/mol. The molecule has 1 aromatic carbocycles. The topological polar surface area (TPSA) is 50.4 Å². The summed E-state index contributed by atoms with van der Waals surface area (Å²) in [5.74, 6) is 0. The van der Waals surface area contributed by atoms with Gasteiger partial charge in [-0.1, -0.05) is 19.1 Å². The fourth-order valence-corrected chi connectivity index (χ4v) is 1.55. The van der Waals surface area contributed by atoms with Crippen molar-refractivity contribution in [3.05, 3.63) is 29.8 Å². The Morgan fingerprint density at radius 3 is 2.88 bits per heavy atom. The maximum absolute atomic E-state index is 11.6. The molecule has 0 saturated carbocycles. The molecule has 4 heteroatoms. The second-order valence-electron chi connectivity index (χ2n) is 4.01. The smallest absolute Gasteiger partial charge is 0.319 e. The number of carbonyl (C=O) groups is 1. The molecular weight excluding hydrogens is 216 g/mol. The third kappa shape index (κ3) is 4.87. The molecule has 94 valence electrons. The second-order valence-corrected chi connectivity index (χ2v) is 4.01. The molecule has 17 heavy (non-hydrogen) atoms. The van der Waals surface area contributed by atoms with Gasteiger partial charge in [0.2, 0.25) is 0 Å². The van der Waals surface area contributed by atoms with Gasteiger partial charge in [0.1, 0.15) is 0 Å². The lowest BCUT2D eigenvalue weighted by Crippen LogP contribution is -2.38. The average Bonchev–Trinajstić information content (AvgIpc) is 2.29. The Hall–Kier alpha value is -1.55. The van der Waals surface area contributed by atoms with E-state index in [1.54, 1.807) is 7.11 Å². The van der Waals surface area contributed by atoms with Gasteiger partial charge in [-0.05, 0) is 31.0 Å². The molecule has 1 unspecified atom stereocenters. The standard InChI is InChI=1S/C13H20N2O2/c1-4-11-6-5-7-12(8-11)15-13(16)14-10(2)9-17-3/h5-8,10H,4,9H2,1-3H3,(H2,14,15,16). The lowest BCUT2D eigenvalue weighted by molar-refractivity contribution is 0.173. The molecule has 0 heterocycles. The van der Waals surface area contributed by atoms with Crippen molar-refractivity contribution in [3.63, 3.8) is 0 Å². The molecule has 0 fully saturated rings. The van der Waals surface area contributed by atoms with Crippen LogP contribution in [0.5, 0.6) is 0 Å². The highest BCUT2D eigenvalue weighted by Gasteiger charge is 2.06. The Morgan fingerprint density at radius 2 is 2.24 bits per heavy atom. The molecule has 1 atom stereocenters. The van der Waals surface area contributed by atoms with Crippen LogP contribution in [-0.4, -0.2) is 25.8 Å². The lowest BCUT2D eigenvalue weighted by atomic mass is 10.1. The van der Waals surface area contributed by atoms with Gasteiger partial charge in [-0.25, -0.2) is 4.79 Å². The SMILES string of the molecule is CCc1cccc(NC(=O)NC(C)COC)c1. The molecule has 0 aliphatic heterocycles. The van der Waals surface area contributed by atoms with Crippen molar-refractivity contribution in [2.45, 2.75) is 26.3 Å². The number of amides is 2. The fourth-order valence-electron chi connectivity index (χ4n) is 1.55. The van der Waals surface area contributed by atoms with E-state index in [0.29, 0.717) is 6.61 Å². The van der Waals surface area contributed by atoms with E-state index in [0.717, 1.165) is 12.1 Å². The highest BCUT2D eigenvalue weighted by atomic mass is 16.5. The van der Waals surface area contributed by atoms with Gasteiger partial charge in [0.05, 0.1) is 12.6 Å². The minimum Gasteiger partial charge on any atom is -0.383 e. The van der Waals surface area contributed by atoms with Crippen LogP contribution >= 0.6 is 0 Å². The van der Waals surface area contributed by atoms with Crippen molar-refractivity contribution >= 4 is 11.7 Å². The van der Waals surface area contributed by atoms with Crippen LogP contribution < -0.4 is 10.6 Å². The predicted octanol–water partition coefficient (Wildman–Crippen LogP) is 2.41. The van der Waals surface area contributed by atoms with Crippen LogP contribution in [0.4, 0.5) is 10.5 Å². The highest BCUT2D eigenvalue weighted by molar-refractivity contribution is 5.89. The number of ether oxygens (including phenoxy) is 1. The molecule has 0 radical (unpaired) electrons. The number of nitrogens with one attached hydrogen (secondary N) is 2. The zero-order valence-electron chi connectivity index (χ0n) is 10.6. The van der Waals surface area contributed by atoms with Crippen LogP contribution in [0.3, 0.4) is 0 Å². The first-order valence-corrected chi connectivity index (χ1v) is 5.81. The van der Waals surface area contributed by atoms with Crippen LogP contribution in [0.2, 0.25) is 0 Å². The van der Waals surface area contributed by atoms with Gasteiger partial charge in [0.25, 0.3) is 0 Å². The Morgan fingerprint density at radius 1 is 1.47 bits per heavy atom. The maximum atomic E-state index is 11.6. The number of methoxy groups -OCH3 is 1. The second kappa shape index (κ2) is 6.91. The third-order valence-electron chi connectivity index (χ3n) is 2.39. The number of hydrogen-bond acceptors (Lipinski definition) is 2. The zero-order chi connectivity index (χ0) is 12.7. The normalized spacial score (nSPS) is 11.9. The number of urea groups is 1. The molecule has 0 spiro atoms. The first kappa shape index (κ1) is 13.5. The molecule has 0 bridgehead atoms. The number of hydrogen-bond donors (Lipinski definition) is 2. The van der Waals surface area contributed by atoms with Crippen LogP contribution in [0, 0.1) is 0 Å². The Bertz CT molecular complexity index is 366. The molecule has 1 aromatic rings. The van der Waals surface area contributed by atoms with Crippen molar-refractivity contribution in [3.8, 4) is 0 Å². The van der Waals surface area contributed by atoms with E-state index in [1.807, 2.05) is 31.2 Å². The Labute approximate surface area is 102 Å². The van der Waals surface area contributed by atoms with E-state index < -0.39 is 0 Å². The summed E-state index contributed by atoms with van der Waals surface area (Å²) in [6, 6.07) is 7.61. The number of benzene rings is 1. The summed E-state index contributed by atoms with van der Waals surface area (Å²) in [4.78, 5) is 11.6. The summed E-state index contributed by atoms with van der Waals surface area (Å²) in [6.07, 6.45) is 0.956. The zero-order valence-corrected chi connectivity index (χ0v) is 10.6. The molecule has 0 saturated heterocycles. The van der Waals surface area contributed by atoms with Gasteiger partial charge in [-0.2, -0.15) is 0 Å². The molecule has 1 rings (SSSR count).